The van der Waals surface area contributed by atoms with E-state index in [4.69, 9.17) is 10.9 Å². The van der Waals surface area contributed by atoms with E-state index in [1.54, 1.807) is 11.6 Å². The molecule has 1 aromatic heterocycles. The first-order valence-corrected chi connectivity index (χ1v) is 7.03. The molecule has 0 atom stereocenters. The molecule has 0 aliphatic rings. The lowest BCUT2D eigenvalue weighted by Crippen LogP contribution is -2.23. The second kappa shape index (κ2) is 4.92. The largest absolute Gasteiger partial charge is 0.394 e. The molecule has 0 amide bonds. The predicted molar refractivity (Wildman–Crippen MR) is 68.2 cm³/mol. The quantitative estimate of drug-likeness (QED) is 0.692. The fraction of sp³-hybridized carbons (Fsp3) is 0.667. The number of rotatable bonds is 5. The number of primary sulfonamides is 1. The standard InChI is InChI=1S/C9H19N5O2S/c1-6(2)14-9(8(10)7(3)13-14)12-4-5-17(11,15)16/h6,12H,4-5,10H2,1-3H3,(H2,11,15,16). The lowest BCUT2D eigenvalue weighted by Gasteiger charge is -2.12. The van der Waals surface area contributed by atoms with Crippen molar-refractivity contribution in [3.63, 3.8) is 0 Å². The van der Waals surface area contributed by atoms with Crippen LogP contribution in [-0.4, -0.2) is 30.5 Å². The SMILES string of the molecule is Cc1nn(C(C)C)c(NCCS(N)(=O)=O)c1N. The molecular formula is C9H19N5O2S. The monoisotopic (exact) mass is 261 g/mol. The van der Waals surface area contributed by atoms with E-state index in [0.717, 1.165) is 5.69 Å². The van der Waals surface area contributed by atoms with Crippen LogP contribution in [0, 0.1) is 6.92 Å². The third-order valence-corrected chi connectivity index (χ3v) is 3.07. The maximum atomic E-state index is 10.8. The van der Waals surface area contributed by atoms with Gasteiger partial charge in [0.15, 0.2) is 0 Å². The molecule has 1 heterocycles. The number of hydrogen-bond donors (Lipinski definition) is 3. The molecule has 98 valence electrons. The van der Waals surface area contributed by atoms with Gasteiger partial charge in [-0.05, 0) is 20.8 Å². The fourth-order valence-corrected chi connectivity index (χ4v) is 1.81. The van der Waals surface area contributed by atoms with E-state index >= 15 is 0 Å². The van der Waals surface area contributed by atoms with Crippen molar-refractivity contribution >= 4 is 21.5 Å². The highest BCUT2D eigenvalue weighted by Gasteiger charge is 2.14. The van der Waals surface area contributed by atoms with Gasteiger partial charge in [-0.2, -0.15) is 5.10 Å². The lowest BCUT2D eigenvalue weighted by atomic mass is 10.3. The minimum Gasteiger partial charge on any atom is -0.394 e. The minimum atomic E-state index is -3.47. The number of hydrogen-bond acceptors (Lipinski definition) is 5. The zero-order chi connectivity index (χ0) is 13.2. The van der Waals surface area contributed by atoms with Gasteiger partial charge in [-0.25, -0.2) is 18.2 Å². The number of aryl methyl sites for hydroxylation is 1. The zero-order valence-corrected chi connectivity index (χ0v) is 11.1. The van der Waals surface area contributed by atoms with Crippen LogP contribution in [0.15, 0.2) is 0 Å². The van der Waals surface area contributed by atoms with Gasteiger partial charge in [0.05, 0.1) is 17.1 Å². The summed E-state index contributed by atoms with van der Waals surface area (Å²) in [6.07, 6.45) is 0. The summed E-state index contributed by atoms with van der Waals surface area (Å²) in [5.41, 5.74) is 7.12. The van der Waals surface area contributed by atoms with E-state index < -0.39 is 10.0 Å². The van der Waals surface area contributed by atoms with E-state index in [1.807, 2.05) is 13.8 Å². The Morgan fingerprint density at radius 1 is 1.47 bits per heavy atom. The van der Waals surface area contributed by atoms with Crippen LogP contribution in [0.1, 0.15) is 25.6 Å². The van der Waals surface area contributed by atoms with Crippen LogP contribution in [0.4, 0.5) is 11.5 Å². The molecule has 0 unspecified atom stereocenters. The van der Waals surface area contributed by atoms with Crippen molar-refractivity contribution in [2.75, 3.05) is 23.3 Å². The maximum Gasteiger partial charge on any atom is 0.210 e. The van der Waals surface area contributed by atoms with Crippen molar-refractivity contribution in [3.05, 3.63) is 5.69 Å². The first-order chi connectivity index (χ1) is 7.72. The summed E-state index contributed by atoms with van der Waals surface area (Å²) in [7, 11) is -3.47. The van der Waals surface area contributed by atoms with Crippen molar-refractivity contribution in [2.24, 2.45) is 5.14 Å². The molecular weight excluding hydrogens is 242 g/mol. The second-order valence-corrected chi connectivity index (χ2v) is 5.91. The molecule has 1 rings (SSSR count). The van der Waals surface area contributed by atoms with Crippen LogP contribution >= 0.6 is 0 Å². The van der Waals surface area contributed by atoms with Gasteiger partial charge in [-0.3, -0.25) is 0 Å². The average molecular weight is 261 g/mol. The van der Waals surface area contributed by atoms with E-state index in [2.05, 4.69) is 10.4 Å². The molecule has 0 aliphatic heterocycles. The molecule has 1 aromatic rings. The topological polar surface area (TPSA) is 116 Å². The number of anilines is 2. The van der Waals surface area contributed by atoms with Gasteiger partial charge < -0.3 is 11.1 Å². The van der Waals surface area contributed by atoms with Crippen LogP contribution in [0.25, 0.3) is 0 Å². The maximum absolute atomic E-state index is 10.8. The van der Waals surface area contributed by atoms with E-state index in [-0.39, 0.29) is 18.3 Å². The minimum absolute atomic E-state index is 0.142. The van der Waals surface area contributed by atoms with Gasteiger partial charge >= 0.3 is 0 Å². The summed E-state index contributed by atoms with van der Waals surface area (Å²) in [6, 6.07) is 0.142. The molecule has 5 N–H and O–H groups in total. The summed E-state index contributed by atoms with van der Waals surface area (Å²) < 4.78 is 23.4. The third kappa shape index (κ3) is 3.60. The lowest BCUT2D eigenvalue weighted by molar-refractivity contribution is 0.534. The summed E-state index contributed by atoms with van der Waals surface area (Å²) in [5, 5.41) is 12.1. The van der Waals surface area contributed by atoms with E-state index in [9.17, 15) is 8.42 Å². The second-order valence-electron chi connectivity index (χ2n) is 4.18. The predicted octanol–water partition coefficient (Wildman–Crippen LogP) is 0.0550. The average Bonchev–Trinajstić information content (AvgIpc) is 2.44. The Balaban J connectivity index is 2.83. The van der Waals surface area contributed by atoms with Gasteiger partial charge in [0, 0.05) is 12.6 Å². The van der Waals surface area contributed by atoms with Crippen molar-refractivity contribution in [3.8, 4) is 0 Å². The molecule has 0 saturated heterocycles. The number of aromatic nitrogens is 2. The number of nitrogens with zero attached hydrogens (tertiary/aromatic N) is 2. The normalized spacial score (nSPS) is 12.1. The molecule has 0 bridgehead atoms. The van der Waals surface area contributed by atoms with Crippen LogP contribution in [0.5, 0.6) is 0 Å². The molecule has 0 fully saturated rings. The van der Waals surface area contributed by atoms with Gasteiger partial charge in [0.1, 0.15) is 5.82 Å². The van der Waals surface area contributed by atoms with E-state index in [1.165, 1.54) is 0 Å². The molecule has 0 aromatic carbocycles. The molecule has 17 heavy (non-hydrogen) atoms. The smallest absolute Gasteiger partial charge is 0.210 e. The molecule has 8 heteroatoms. The van der Waals surface area contributed by atoms with Gasteiger partial charge in [-0.1, -0.05) is 0 Å². The first-order valence-electron chi connectivity index (χ1n) is 5.31. The highest BCUT2D eigenvalue weighted by Crippen LogP contribution is 2.25. The Labute approximate surface area is 101 Å². The van der Waals surface area contributed by atoms with Crippen molar-refractivity contribution < 1.29 is 8.42 Å². The number of nitrogen functional groups attached to an aromatic ring is 1. The summed E-state index contributed by atoms with van der Waals surface area (Å²) in [4.78, 5) is 0. The van der Waals surface area contributed by atoms with Crippen molar-refractivity contribution in [1.29, 1.82) is 0 Å². The molecule has 0 spiro atoms. The Kier molecular flexibility index (Phi) is 3.99. The zero-order valence-electron chi connectivity index (χ0n) is 10.3. The number of nitrogens with two attached hydrogens (primary N) is 2. The highest BCUT2D eigenvalue weighted by molar-refractivity contribution is 7.89. The van der Waals surface area contributed by atoms with Gasteiger partial charge in [-0.15, -0.1) is 0 Å². The molecule has 7 nitrogen and oxygen atoms in total. The van der Waals surface area contributed by atoms with Gasteiger partial charge in [0.2, 0.25) is 10.0 Å². The summed E-state index contributed by atoms with van der Waals surface area (Å²) >= 11 is 0. The van der Waals surface area contributed by atoms with Gasteiger partial charge in [0.25, 0.3) is 0 Å². The van der Waals surface area contributed by atoms with Crippen molar-refractivity contribution in [2.45, 2.75) is 26.8 Å². The Bertz CT molecular complexity index is 492. The first kappa shape index (κ1) is 13.8. The molecule has 0 saturated carbocycles. The van der Waals surface area contributed by atoms with Crippen LogP contribution in [0.3, 0.4) is 0 Å². The molecule has 0 aliphatic carbocycles. The van der Waals surface area contributed by atoms with Crippen LogP contribution < -0.4 is 16.2 Å². The highest BCUT2D eigenvalue weighted by atomic mass is 32.2. The number of nitrogens with one attached hydrogen (secondary N) is 1. The van der Waals surface area contributed by atoms with Crippen LogP contribution in [0.2, 0.25) is 0 Å². The summed E-state index contributed by atoms with van der Waals surface area (Å²) in [6.45, 7) is 5.95. The Hall–Kier alpha value is -1.28. The Morgan fingerprint density at radius 2 is 2.06 bits per heavy atom. The Morgan fingerprint density at radius 3 is 2.53 bits per heavy atom. The third-order valence-electron chi connectivity index (χ3n) is 2.30. The van der Waals surface area contributed by atoms with Crippen LogP contribution in [-0.2, 0) is 10.0 Å². The van der Waals surface area contributed by atoms with Crippen molar-refractivity contribution in [1.82, 2.24) is 9.78 Å². The van der Waals surface area contributed by atoms with E-state index in [0.29, 0.717) is 11.5 Å². The fourth-order valence-electron chi connectivity index (χ4n) is 1.42. The number of sulfonamides is 1. The molecule has 0 radical (unpaired) electrons. The summed E-state index contributed by atoms with van der Waals surface area (Å²) in [5.74, 6) is 0.496.